The molecule has 0 spiro atoms. The van der Waals surface area contributed by atoms with E-state index in [1.54, 1.807) is 0 Å². The summed E-state index contributed by atoms with van der Waals surface area (Å²) in [4.78, 5) is 12.2. The average molecular weight is 256 g/mol. The Morgan fingerprint density at radius 1 is 0.889 bits per heavy atom. The zero-order valence-electron chi connectivity index (χ0n) is 12.9. The molecule has 0 aliphatic rings. The predicted octanol–water partition coefficient (Wildman–Crippen LogP) is 5.11. The third-order valence-corrected chi connectivity index (χ3v) is 3.64. The van der Waals surface area contributed by atoms with Gasteiger partial charge < -0.3 is 4.74 Å². The van der Waals surface area contributed by atoms with E-state index >= 15 is 0 Å². The fraction of sp³-hybridized carbons (Fsp3) is 0.938. The van der Waals surface area contributed by atoms with Gasteiger partial charge in [-0.3, -0.25) is 4.79 Å². The monoisotopic (exact) mass is 256 g/mol. The minimum atomic E-state index is -0.252. The van der Waals surface area contributed by atoms with Crippen LogP contribution in [0.5, 0.6) is 0 Å². The molecule has 0 aliphatic heterocycles. The number of rotatable bonds is 11. The first-order chi connectivity index (χ1) is 8.60. The lowest BCUT2D eigenvalue weighted by atomic mass is 9.80. The zero-order chi connectivity index (χ0) is 13.9. The molecular formula is C16H32O2. The Balaban J connectivity index is 4.20. The predicted molar refractivity (Wildman–Crippen MR) is 77.6 cm³/mol. The van der Waals surface area contributed by atoms with Crippen molar-refractivity contribution < 1.29 is 9.53 Å². The molecule has 0 aromatic carbocycles. The maximum atomic E-state index is 12.2. The molecule has 18 heavy (non-hydrogen) atoms. The second kappa shape index (κ2) is 10.4. The molecule has 0 unspecified atom stereocenters. The van der Waals surface area contributed by atoms with E-state index in [0.717, 1.165) is 51.4 Å². The van der Waals surface area contributed by atoms with Crippen molar-refractivity contribution in [3.05, 3.63) is 0 Å². The van der Waals surface area contributed by atoms with Gasteiger partial charge in [0.25, 0.3) is 0 Å². The minimum absolute atomic E-state index is 0.0282. The van der Waals surface area contributed by atoms with Crippen LogP contribution in [0.25, 0.3) is 0 Å². The Kier molecular flexibility index (Phi) is 10.1. The number of carbonyl (C=O) groups is 1. The van der Waals surface area contributed by atoms with Gasteiger partial charge in [-0.1, -0.05) is 59.3 Å². The van der Waals surface area contributed by atoms with Gasteiger partial charge in [0.1, 0.15) is 0 Å². The third-order valence-electron chi connectivity index (χ3n) is 3.64. The Morgan fingerprint density at radius 3 is 1.83 bits per heavy atom. The number of ether oxygens (including phenoxy) is 1. The van der Waals surface area contributed by atoms with Gasteiger partial charge in [-0.05, 0) is 26.2 Å². The van der Waals surface area contributed by atoms with E-state index in [4.69, 9.17) is 4.74 Å². The maximum Gasteiger partial charge on any atom is 0.311 e. The van der Waals surface area contributed by atoms with Gasteiger partial charge in [0.05, 0.1) is 12.0 Å². The van der Waals surface area contributed by atoms with Gasteiger partial charge in [0, 0.05) is 0 Å². The Labute approximate surface area is 113 Å². The SMILES string of the molecule is CCCCCOC(=O)C(C)(CCCC)CCCC. The first-order valence-corrected chi connectivity index (χ1v) is 7.78. The lowest BCUT2D eigenvalue weighted by molar-refractivity contribution is -0.156. The van der Waals surface area contributed by atoms with E-state index in [9.17, 15) is 4.79 Å². The van der Waals surface area contributed by atoms with Crippen LogP contribution in [0, 0.1) is 5.41 Å². The molecule has 0 radical (unpaired) electrons. The van der Waals surface area contributed by atoms with Crippen molar-refractivity contribution in [1.82, 2.24) is 0 Å². The molecule has 2 heteroatoms. The van der Waals surface area contributed by atoms with E-state index in [-0.39, 0.29) is 11.4 Å². The fourth-order valence-corrected chi connectivity index (χ4v) is 2.15. The van der Waals surface area contributed by atoms with Crippen LogP contribution in [0.1, 0.15) is 85.5 Å². The molecular weight excluding hydrogens is 224 g/mol. The highest BCUT2D eigenvalue weighted by Crippen LogP contribution is 2.32. The Morgan fingerprint density at radius 2 is 1.39 bits per heavy atom. The van der Waals surface area contributed by atoms with Crippen molar-refractivity contribution in [3.63, 3.8) is 0 Å². The summed E-state index contributed by atoms with van der Waals surface area (Å²) in [5.74, 6) is 0.0282. The molecule has 0 aliphatic carbocycles. The first kappa shape index (κ1) is 17.5. The van der Waals surface area contributed by atoms with Crippen LogP contribution >= 0.6 is 0 Å². The molecule has 0 fully saturated rings. The number of hydrogen-bond donors (Lipinski definition) is 0. The van der Waals surface area contributed by atoms with Crippen molar-refractivity contribution in [1.29, 1.82) is 0 Å². The summed E-state index contributed by atoms with van der Waals surface area (Å²) >= 11 is 0. The average Bonchev–Trinajstić information content (AvgIpc) is 2.38. The fourth-order valence-electron chi connectivity index (χ4n) is 2.15. The highest BCUT2D eigenvalue weighted by Gasteiger charge is 2.33. The van der Waals surface area contributed by atoms with Gasteiger partial charge in [-0.2, -0.15) is 0 Å². The van der Waals surface area contributed by atoms with E-state index in [0.29, 0.717) is 6.61 Å². The van der Waals surface area contributed by atoms with Gasteiger partial charge in [-0.15, -0.1) is 0 Å². The minimum Gasteiger partial charge on any atom is -0.465 e. The van der Waals surface area contributed by atoms with Crippen molar-refractivity contribution in [2.75, 3.05) is 6.61 Å². The second-order valence-electron chi connectivity index (χ2n) is 5.61. The molecule has 108 valence electrons. The van der Waals surface area contributed by atoms with Crippen molar-refractivity contribution in [2.45, 2.75) is 85.5 Å². The highest BCUT2D eigenvalue weighted by molar-refractivity contribution is 5.76. The molecule has 0 amide bonds. The topological polar surface area (TPSA) is 26.3 Å². The lowest BCUT2D eigenvalue weighted by Crippen LogP contribution is -2.30. The Hall–Kier alpha value is -0.530. The van der Waals surface area contributed by atoms with Crippen LogP contribution in [0.3, 0.4) is 0 Å². The van der Waals surface area contributed by atoms with E-state index < -0.39 is 0 Å². The van der Waals surface area contributed by atoms with E-state index in [1.165, 1.54) is 6.42 Å². The molecule has 0 saturated carbocycles. The molecule has 0 saturated heterocycles. The summed E-state index contributed by atoms with van der Waals surface area (Å²) in [6.07, 6.45) is 9.77. The lowest BCUT2D eigenvalue weighted by Gasteiger charge is -2.27. The standard InChI is InChI=1S/C16H32O2/c1-5-8-11-14-18-15(17)16(4,12-9-6-2)13-10-7-3/h5-14H2,1-4H3. The smallest absolute Gasteiger partial charge is 0.311 e. The normalized spacial score (nSPS) is 11.6. The summed E-state index contributed by atoms with van der Waals surface area (Å²) < 4.78 is 5.46. The zero-order valence-corrected chi connectivity index (χ0v) is 12.9. The van der Waals surface area contributed by atoms with Crippen molar-refractivity contribution >= 4 is 5.97 Å². The number of carbonyl (C=O) groups excluding carboxylic acids is 1. The molecule has 0 bridgehead atoms. The quantitative estimate of drug-likeness (QED) is 0.379. The number of hydrogen-bond acceptors (Lipinski definition) is 2. The third kappa shape index (κ3) is 7.03. The molecule has 0 aromatic rings. The summed E-state index contributed by atoms with van der Waals surface area (Å²) in [6, 6.07) is 0. The van der Waals surface area contributed by atoms with E-state index in [2.05, 4.69) is 27.7 Å². The van der Waals surface area contributed by atoms with E-state index in [1.807, 2.05) is 0 Å². The summed E-state index contributed by atoms with van der Waals surface area (Å²) in [6.45, 7) is 9.19. The molecule has 2 nitrogen and oxygen atoms in total. The van der Waals surface area contributed by atoms with Crippen molar-refractivity contribution in [3.8, 4) is 0 Å². The van der Waals surface area contributed by atoms with Gasteiger partial charge in [-0.25, -0.2) is 0 Å². The summed E-state index contributed by atoms with van der Waals surface area (Å²) in [7, 11) is 0. The van der Waals surface area contributed by atoms with Crippen LogP contribution in [0.4, 0.5) is 0 Å². The van der Waals surface area contributed by atoms with Crippen LogP contribution < -0.4 is 0 Å². The summed E-state index contributed by atoms with van der Waals surface area (Å²) in [5, 5.41) is 0. The molecule has 0 aromatic heterocycles. The van der Waals surface area contributed by atoms with Crippen LogP contribution in [0.2, 0.25) is 0 Å². The van der Waals surface area contributed by atoms with Crippen LogP contribution in [-0.2, 0) is 9.53 Å². The summed E-state index contributed by atoms with van der Waals surface area (Å²) in [5.41, 5.74) is -0.252. The number of unbranched alkanes of at least 4 members (excludes halogenated alkanes) is 4. The maximum absolute atomic E-state index is 12.2. The van der Waals surface area contributed by atoms with Gasteiger partial charge in [0.15, 0.2) is 0 Å². The largest absolute Gasteiger partial charge is 0.465 e. The molecule has 0 N–H and O–H groups in total. The van der Waals surface area contributed by atoms with Gasteiger partial charge in [0.2, 0.25) is 0 Å². The molecule has 0 heterocycles. The second-order valence-corrected chi connectivity index (χ2v) is 5.61. The van der Waals surface area contributed by atoms with Crippen molar-refractivity contribution in [2.24, 2.45) is 5.41 Å². The highest BCUT2D eigenvalue weighted by atomic mass is 16.5. The van der Waals surface area contributed by atoms with Gasteiger partial charge >= 0.3 is 5.97 Å². The molecule has 0 rings (SSSR count). The number of esters is 1. The molecule has 0 atom stereocenters. The van der Waals surface area contributed by atoms with Crippen LogP contribution in [-0.4, -0.2) is 12.6 Å². The Bertz CT molecular complexity index is 203. The first-order valence-electron chi connectivity index (χ1n) is 7.78. The van der Waals surface area contributed by atoms with Crippen LogP contribution in [0.15, 0.2) is 0 Å².